The summed E-state index contributed by atoms with van der Waals surface area (Å²) in [6.07, 6.45) is -0.325. The maximum atomic E-state index is 5.07. The minimum Gasteiger partial charge on any atom is -0.363 e. The Hall–Kier alpha value is -7.04. The van der Waals surface area contributed by atoms with Gasteiger partial charge in [-0.3, -0.25) is 0 Å². The zero-order valence-corrected chi connectivity index (χ0v) is 30.5. The highest BCUT2D eigenvalue weighted by Gasteiger charge is 2.29. The molecular weight excluding hydrogens is 669 g/mol. The van der Waals surface area contributed by atoms with Gasteiger partial charge in [-0.05, 0) is 67.4 Å². The third-order valence-corrected chi connectivity index (χ3v) is 11.0. The average molecular weight is 707 g/mol. The fraction of sp³-hybridized carbons (Fsp3) is 0.0588. The van der Waals surface area contributed by atoms with Crippen LogP contribution in [0.15, 0.2) is 204 Å². The lowest BCUT2D eigenvalue weighted by Gasteiger charge is -2.38. The van der Waals surface area contributed by atoms with E-state index < -0.39 is 0 Å². The van der Waals surface area contributed by atoms with Crippen LogP contribution in [0.4, 0.5) is 5.69 Å². The molecule has 8 aromatic rings. The summed E-state index contributed by atoms with van der Waals surface area (Å²) >= 11 is 0. The Bertz CT molecular complexity index is 2730. The van der Waals surface area contributed by atoms with Crippen LogP contribution in [0.1, 0.15) is 40.0 Å². The molecule has 0 aliphatic carbocycles. The molecule has 2 aliphatic heterocycles. The molecule has 0 amide bonds. The highest BCUT2D eigenvalue weighted by atomic mass is 15.2. The maximum Gasteiger partial charge on any atom is 0.169 e. The van der Waals surface area contributed by atoms with Crippen molar-refractivity contribution in [2.24, 2.45) is 9.98 Å². The van der Waals surface area contributed by atoms with Crippen molar-refractivity contribution in [2.45, 2.75) is 12.2 Å². The normalized spacial score (nSPS) is 16.1. The van der Waals surface area contributed by atoms with E-state index in [1.165, 1.54) is 55.4 Å². The van der Waals surface area contributed by atoms with E-state index in [1.807, 2.05) is 36.4 Å². The number of benzene rings is 8. The van der Waals surface area contributed by atoms with Gasteiger partial charge in [-0.15, -0.1) is 0 Å². The van der Waals surface area contributed by atoms with Crippen molar-refractivity contribution < 1.29 is 0 Å². The summed E-state index contributed by atoms with van der Waals surface area (Å²) in [6.45, 7) is 0. The van der Waals surface area contributed by atoms with Crippen LogP contribution >= 0.6 is 0 Å². The van der Waals surface area contributed by atoms with E-state index in [9.17, 15) is 0 Å². The molecule has 0 spiro atoms. The smallest absolute Gasteiger partial charge is 0.169 e. The van der Waals surface area contributed by atoms with Crippen LogP contribution in [0.5, 0.6) is 0 Å². The Kier molecular flexibility index (Phi) is 8.15. The molecule has 0 radical (unpaired) electrons. The van der Waals surface area contributed by atoms with Crippen LogP contribution in [-0.4, -0.2) is 18.7 Å². The monoisotopic (exact) mass is 706 g/mol. The molecule has 0 bridgehead atoms. The highest BCUT2D eigenvalue weighted by Crippen LogP contribution is 2.46. The van der Waals surface area contributed by atoms with Gasteiger partial charge < -0.3 is 10.2 Å². The Labute approximate surface area is 321 Å². The summed E-state index contributed by atoms with van der Waals surface area (Å²) in [5, 5.41) is 5.98. The first kappa shape index (κ1) is 32.6. The summed E-state index contributed by atoms with van der Waals surface area (Å²) in [5.41, 5.74) is 14.4. The minimum absolute atomic E-state index is 0.141. The Morgan fingerprint density at radius 2 is 1.02 bits per heavy atom. The molecule has 2 heterocycles. The number of nitrogens with zero attached hydrogens (tertiary/aromatic N) is 3. The molecule has 0 aromatic heterocycles. The highest BCUT2D eigenvalue weighted by molar-refractivity contribution is 6.16. The van der Waals surface area contributed by atoms with Crippen molar-refractivity contribution >= 4 is 28.1 Å². The van der Waals surface area contributed by atoms with Crippen LogP contribution in [0, 0.1) is 0 Å². The van der Waals surface area contributed by atoms with Crippen molar-refractivity contribution in [3.63, 3.8) is 0 Å². The first-order chi connectivity index (χ1) is 27.2. The van der Waals surface area contributed by atoms with Gasteiger partial charge in [0.1, 0.15) is 11.7 Å². The van der Waals surface area contributed by atoms with Crippen LogP contribution < -0.4 is 10.2 Å². The van der Waals surface area contributed by atoms with E-state index in [1.54, 1.807) is 0 Å². The van der Waals surface area contributed by atoms with Gasteiger partial charge in [-0.25, -0.2) is 9.98 Å². The van der Waals surface area contributed by atoms with Crippen LogP contribution in [0.2, 0.25) is 0 Å². The molecule has 0 saturated heterocycles. The van der Waals surface area contributed by atoms with Crippen LogP contribution in [0.25, 0.3) is 44.2 Å². The molecule has 0 fully saturated rings. The third kappa shape index (κ3) is 5.98. The Morgan fingerprint density at radius 3 is 1.78 bits per heavy atom. The van der Waals surface area contributed by atoms with Crippen LogP contribution in [-0.2, 0) is 0 Å². The number of amidine groups is 2. The zero-order valence-electron chi connectivity index (χ0n) is 30.5. The number of anilines is 1. The maximum absolute atomic E-state index is 5.07. The van der Waals surface area contributed by atoms with Crippen molar-refractivity contribution in [1.29, 1.82) is 0 Å². The first-order valence-corrected chi connectivity index (χ1v) is 18.9. The molecule has 2 aliphatic rings. The SMILES string of the molecule is CN1c2ccccc2-c2ccccc2C1c1ccc(-c2ccc3cccc(-c4ccc(C5=NC(c6ccccc6)N=C(c6ccccc6)N5)cc4)c3c2)cc1. The molecule has 55 heavy (non-hydrogen) atoms. The standard InChI is InChI=1S/C51H38N4/c1-55-47-22-11-10-19-44(47)43-18-8-9-20-45(43)48(55)37-28-23-34(24-29-37)41-32-27-35-17-12-21-42(46(35)33-41)36-25-30-40(31-26-36)51-53-49(38-13-4-2-5-14-38)52-50(54-51)39-15-6-3-7-16-39/h2-33,48-49H,1H3,(H,52,53,54). The van der Waals surface area contributed by atoms with Gasteiger partial charge in [-0.2, -0.15) is 0 Å². The second kappa shape index (κ2) is 13.7. The molecule has 4 nitrogen and oxygen atoms in total. The van der Waals surface area contributed by atoms with Crippen LogP contribution in [0.3, 0.4) is 0 Å². The first-order valence-electron chi connectivity index (χ1n) is 18.9. The molecule has 1 N–H and O–H groups in total. The van der Waals surface area contributed by atoms with Gasteiger partial charge in [0, 0.05) is 29.4 Å². The fourth-order valence-electron chi connectivity index (χ4n) is 8.22. The summed E-state index contributed by atoms with van der Waals surface area (Å²) in [5.74, 6) is 1.63. The Balaban J connectivity index is 0.956. The largest absolute Gasteiger partial charge is 0.363 e. The van der Waals surface area contributed by atoms with Gasteiger partial charge in [0.05, 0.1) is 6.04 Å². The molecule has 2 unspecified atom stereocenters. The second-order valence-electron chi connectivity index (χ2n) is 14.3. The lowest BCUT2D eigenvalue weighted by Crippen LogP contribution is -2.36. The second-order valence-corrected chi connectivity index (χ2v) is 14.3. The lowest BCUT2D eigenvalue weighted by atomic mass is 9.85. The number of nitrogens with one attached hydrogen (secondary N) is 1. The molecule has 4 heteroatoms. The fourth-order valence-corrected chi connectivity index (χ4v) is 8.22. The van der Waals surface area contributed by atoms with Gasteiger partial charge in [0.2, 0.25) is 0 Å². The minimum atomic E-state index is -0.325. The predicted molar refractivity (Wildman–Crippen MR) is 229 cm³/mol. The van der Waals surface area contributed by atoms with E-state index in [4.69, 9.17) is 9.98 Å². The van der Waals surface area contributed by atoms with E-state index in [-0.39, 0.29) is 12.2 Å². The molecule has 2 atom stereocenters. The number of rotatable bonds is 6. The molecule has 8 aromatic carbocycles. The van der Waals surface area contributed by atoms with Gasteiger partial charge in [0.25, 0.3) is 0 Å². The summed E-state index contributed by atoms with van der Waals surface area (Å²) in [6, 6.07) is 69.5. The molecular formula is C51H38N4. The topological polar surface area (TPSA) is 40.0 Å². The summed E-state index contributed by atoms with van der Waals surface area (Å²) < 4.78 is 0. The average Bonchev–Trinajstić information content (AvgIpc) is 3.27. The van der Waals surface area contributed by atoms with E-state index >= 15 is 0 Å². The lowest BCUT2D eigenvalue weighted by molar-refractivity contribution is 0.756. The zero-order chi connectivity index (χ0) is 36.7. The van der Waals surface area contributed by atoms with Crippen molar-refractivity contribution in [1.82, 2.24) is 5.32 Å². The predicted octanol–water partition coefficient (Wildman–Crippen LogP) is 11.9. The Morgan fingerprint density at radius 1 is 0.436 bits per heavy atom. The quantitative estimate of drug-likeness (QED) is 0.187. The van der Waals surface area contributed by atoms with Gasteiger partial charge >= 0.3 is 0 Å². The number of para-hydroxylation sites is 1. The number of fused-ring (bicyclic) bond motifs is 4. The van der Waals surface area contributed by atoms with Crippen molar-refractivity contribution in [3.05, 3.63) is 222 Å². The third-order valence-electron chi connectivity index (χ3n) is 11.0. The van der Waals surface area contributed by atoms with Gasteiger partial charge in [-0.1, -0.05) is 182 Å². The summed E-state index contributed by atoms with van der Waals surface area (Å²) in [7, 11) is 2.21. The molecule has 262 valence electrons. The van der Waals surface area contributed by atoms with E-state index in [2.05, 4.69) is 175 Å². The molecule has 0 saturated carbocycles. The number of aliphatic imine (C=N–C) groups is 2. The summed E-state index contributed by atoms with van der Waals surface area (Å²) in [4.78, 5) is 12.5. The number of hydrogen-bond acceptors (Lipinski definition) is 4. The number of hydrogen-bond donors (Lipinski definition) is 1. The van der Waals surface area contributed by atoms with E-state index in [0.717, 1.165) is 33.9 Å². The van der Waals surface area contributed by atoms with Crippen molar-refractivity contribution in [2.75, 3.05) is 11.9 Å². The molecule has 10 rings (SSSR count). The van der Waals surface area contributed by atoms with Crippen molar-refractivity contribution in [3.8, 4) is 33.4 Å². The van der Waals surface area contributed by atoms with Gasteiger partial charge in [0.15, 0.2) is 6.17 Å². The van der Waals surface area contributed by atoms with E-state index in [0.29, 0.717) is 0 Å².